The molecule has 1 atom stereocenters. The van der Waals surface area contributed by atoms with E-state index in [4.69, 9.17) is 0 Å². The van der Waals surface area contributed by atoms with E-state index in [-0.39, 0.29) is 18.0 Å². The highest BCUT2D eigenvalue weighted by molar-refractivity contribution is 5.93. The molecule has 0 saturated heterocycles. The maximum absolute atomic E-state index is 11.9. The third kappa shape index (κ3) is 5.03. The molecule has 1 aromatic heterocycles. The van der Waals surface area contributed by atoms with E-state index in [9.17, 15) is 9.90 Å². The van der Waals surface area contributed by atoms with Gasteiger partial charge in [0.1, 0.15) is 0 Å². The number of aromatic nitrogens is 2. The lowest BCUT2D eigenvalue weighted by Crippen LogP contribution is -2.32. The maximum Gasteiger partial charge on any atom is 0.254 e. The van der Waals surface area contributed by atoms with E-state index in [0.717, 1.165) is 0 Å². The van der Waals surface area contributed by atoms with Crippen LogP contribution in [0.4, 0.5) is 0 Å². The Morgan fingerprint density at radius 1 is 1.47 bits per heavy atom. The fraction of sp³-hybridized carbons (Fsp3) is 0.714. The van der Waals surface area contributed by atoms with Gasteiger partial charge in [-0.05, 0) is 33.1 Å². The van der Waals surface area contributed by atoms with E-state index in [0.29, 0.717) is 17.9 Å². The van der Waals surface area contributed by atoms with Gasteiger partial charge in [-0.1, -0.05) is 13.8 Å². The van der Waals surface area contributed by atoms with Gasteiger partial charge in [-0.2, -0.15) is 5.10 Å². The second-order valence-electron chi connectivity index (χ2n) is 6.34. The van der Waals surface area contributed by atoms with Gasteiger partial charge in [-0.25, -0.2) is 0 Å². The number of carbonyl (C=O) groups excluding carboxylic acids is 1. The smallest absolute Gasteiger partial charge is 0.254 e. The third-order valence-electron chi connectivity index (χ3n) is 2.77. The van der Waals surface area contributed by atoms with Gasteiger partial charge in [0.25, 0.3) is 5.91 Å². The fourth-order valence-electron chi connectivity index (χ4n) is 1.75. The summed E-state index contributed by atoms with van der Waals surface area (Å²) in [5.74, 6) is 0.217. The van der Waals surface area contributed by atoms with Crippen LogP contribution in [0.1, 0.15) is 51.4 Å². The summed E-state index contributed by atoms with van der Waals surface area (Å²) < 4.78 is 1.76. The lowest BCUT2D eigenvalue weighted by molar-refractivity contribution is 0.0900. The Labute approximate surface area is 115 Å². The Morgan fingerprint density at radius 3 is 2.58 bits per heavy atom. The summed E-state index contributed by atoms with van der Waals surface area (Å²) in [4.78, 5) is 11.9. The van der Waals surface area contributed by atoms with Gasteiger partial charge in [0, 0.05) is 12.7 Å². The highest BCUT2D eigenvalue weighted by atomic mass is 16.3. The molecule has 1 heterocycles. The Balaban J connectivity index is 2.52. The molecule has 5 heteroatoms. The van der Waals surface area contributed by atoms with E-state index in [1.165, 1.54) is 0 Å². The molecule has 0 spiro atoms. The van der Waals surface area contributed by atoms with Gasteiger partial charge < -0.3 is 10.4 Å². The lowest BCUT2D eigenvalue weighted by atomic mass is 10.1. The Hall–Kier alpha value is -1.36. The molecule has 2 N–H and O–H groups in total. The van der Waals surface area contributed by atoms with Crippen LogP contribution in [0.3, 0.4) is 0 Å². The average Bonchev–Trinajstić information content (AvgIpc) is 2.73. The zero-order valence-corrected chi connectivity index (χ0v) is 12.5. The van der Waals surface area contributed by atoms with Crippen molar-refractivity contribution in [2.75, 3.05) is 6.54 Å². The number of aliphatic hydroxyl groups is 1. The van der Waals surface area contributed by atoms with Gasteiger partial charge >= 0.3 is 0 Å². The van der Waals surface area contributed by atoms with Crippen LogP contribution in [-0.4, -0.2) is 33.4 Å². The van der Waals surface area contributed by atoms with Gasteiger partial charge in [0.2, 0.25) is 0 Å². The fourth-order valence-corrected chi connectivity index (χ4v) is 1.75. The Bertz CT molecular complexity index is 419. The number of carbonyl (C=O) groups is 1. The normalized spacial score (nSPS) is 13.6. The molecule has 0 bridgehead atoms. The van der Waals surface area contributed by atoms with Crippen molar-refractivity contribution in [3.05, 3.63) is 18.0 Å². The Kier molecular flexibility index (Phi) is 5.11. The monoisotopic (exact) mass is 267 g/mol. The van der Waals surface area contributed by atoms with Gasteiger partial charge in [0.05, 0.1) is 23.4 Å². The van der Waals surface area contributed by atoms with Crippen molar-refractivity contribution in [3.8, 4) is 0 Å². The quantitative estimate of drug-likeness (QED) is 0.854. The molecule has 0 radical (unpaired) electrons. The van der Waals surface area contributed by atoms with Crippen LogP contribution in [0.15, 0.2) is 12.4 Å². The average molecular weight is 267 g/mol. The van der Waals surface area contributed by atoms with Gasteiger partial charge in [0.15, 0.2) is 0 Å². The van der Waals surface area contributed by atoms with E-state index in [1.807, 2.05) is 34.6 Å². The first-order chi connectivity index (χ1) is 8.70. The number of hydrogen-bond donors (Lipinski definition) is 2. The first kappa shape index (κ1) is 15.7. The molecule has 0 fully saturated rings. The number of hydrogen-bond acceptors (Lipinski definition) is 3. The van der Waals surface area contributed by atoms with Crippen LogP contribution in [0.2, 0.25) is 0 Å². The van der Waals surface area contributed by atoms with Crippen molar-refractivity contribution >= 4 is 5.91 Å². The summed E-state index contributed by atoms with van der Waals surface area (Å²) in [5.41, 5.74) is 0.377. The van der Waals surface area contributed by atoms with Gasteiger partial charge in [-0.15, -0.1) is 0 Å². The zero-order chi connectivity index (χ0) is 14.6. The summed E-state index contributed by atoms with van der Waals surface area (Å²) in [6.07, 6.45) is 3.46. The molecule has 1 unspecified atom stereocenters. The second-order valence-corrected chi connectivity index (χ2v) is 6.34. The standard InChI is InChI=1S/C14H25N3O2/c1-10(2)6-12(18)8-15-13(19)11-7-16-17(9-11)14(3,4)5/h7,9-10,12,18H,6,8H2,1-5H3,(H,15,19). The van der Waals surface area contributed by atoms with Crippen molar-refractivity contribution < 1.29 is 9.90 Å². The minimum atomic E-state index is -0.499. The number of nitrogens with zero attached hydrogens (tertiary/aromatic N) is 2. The largest absolute Gasteiger partial charge is 0.391 e. The predicted molar refractivity (Wildman–Crippen MR) is 75.0 cm³/mol. The highest BCUT2D eigenvalue weighted by Crippen LogP contribution is 2.13. The predicted octanol–water partition coefficient (Wildman–Crippen LogP) is 1.77. The summed E-state index contributed by atoms with van der Waals surface area (Å²) in [5, 5.41) is 16.6. The van der Waals surface area contributed by atoms with Crippen molar-refractivity contribution in [1.29, 1.82) is 0 Å². The third-order valence-corrected chi connectivity index (χ3v) is 2.77. The first-order valence-electron chi connectivity index (χ1n) is 6.71. The first-order valence-corrected chi connectivity index (χ1v) is 6.71. The molecule has 0 aliphatic carbocycles. The Morgan fingerprint density at radius 2 is 2.11 bits per heavy atom. The molecule has 19 heavy (non-hydrogen) atoms. The van der Waals surface area contributed by atoms with E-state index in [1.54, 1.807) is 17.1 Å². The van der Waals surface area contributed by atoms with Crippen molar-refractivity contribution in [2.24, 2.45) is 5.92 Å². The molecule has 0 aromatic carbocycles. The minimum absolute atomic E-state index is 0.143. The molecular formula is C14H25N3O2. The summed E-state index contributed by atoms with van der Waals surface area (Å²) in [6, 6.07) is 0. The molecule has 1 rings (SSSR count). The second kappa shape index (κ2) is 6.19. The van der Waals surface area contributed by atoms with Crippen LogP contribution >= 0.6 is 0 Å². The van der Waals surface area contributed by atoms with E-state index in [2.05, 4.69) is 10.4 Å². The molecule has 108 valence electrons. The molecule has 0 aliphatic heterocycles. The SMILES string of the molecule is CC(C)CC(O)CNC(=O)c1cnn(C(C)(C)C)c1. The van der Waals surface area contributed by atoms with Crippen molar-refractivity contribution in [2.45, 2.75) is 52.7 Å². The lowest BCUT2D eigenvalue weighted by Gasteiger charge is -2.18. The maximum atomic E-state index is 11.9. The molecule has 1 aromatic rings. The number of aliphatic hydroxyl groups excluding tert-OH is 1. The van der Waals surface area contributed by atoms with Crippen LogP contribution < -0.4 is 5.32 Å². The molecule has 5 nitrogen and oxygen atoms in total. The molecular weight excluding hydrogens is 242 g/mol. The van der Waals surface area contributed by atoms with E-state index < -0.39 is 6.10 Å². The summed E-state index contributed by atoms with van der Waals surface area (Å²) >= 11 is 0. The summed E-state index contributed by atoms with van der Waals surface area (Å²) in [7, 11) is 0. The van der Waals surface area contributed by atoms with Crippen LogP contribution in [0.25, 0.3) is 0 Å². The molecule has 0 saturated carbocycles. The van der Waals surface area contributed by atoms with Crippen LogP contribution in [-0.2, 0) is 5.54 Å². The van der Waals surface area contributed by atoms with Crippen LogP contribution in [0, 0.1) is 5.92 Å². The number of rotatable bonds is 5. The zero-order valence-electron chi connectivity index (χ0n) is 12.5. The number of amides is 1. The van der Waals surface area contributed by atoms with Crippen molar-refractivity contribution in [3.63, 3.8) is 0 Å². The molecule has 1 amide bonds. The molecule has 0 aliphatic rings. The topological polar surface area (TPSA) is 67.2 Å². The van der Waals surface area contributed by atoms with Gasteiger partial charge in [-0.3, -0.25) is 9.48 Å². The van der Waals surface area contributed by atoms with Crippen molar-refractivity contribution in [1.82, 2.24) is 15.1 Å². The minimum Gasteiger partial charge on any atom is -0.391 e. The van der Waals surface area contributed by atoms with Crippen LogP contribution in [0.5, 0.6) is 0 Å². The highest BCUT2D eigenvalue weighted by Gasteiger charge is 2.17. The number of nitrogens with one attached hydrogen (secondary N) is 1. The summed E-state index contributed by atoms with van der Waals surface area (Å²) in [6.45, 7) is 10.4. The van der Waals surface area contributed by atoms with E-state index >= 15 is 0 Å².